The molecule has 3 rings (SSSR count). The highest BCUT2D eigenvalue weighted by Gasteiger charge is 2.31. The molecule has 1 unspecified atom stereocenters. The van der Waals surface area contributed by atoms with Crippen molar-refractivity contribution in [2.75, 3.05) is 26.5 Å². The Morgan fingerprint density at radius 2 is 1.88 bits per heavy atom. The number of ether oxygens (including phenoxy) is 2. The molecule has 2 aromatic carbocycles. The maximum Gasteiger partial charge on any atom is 0.254 e. The van der Waals surface area contributed by atoms with Crippen LogP contribution in [0, 0.1) is 6.92 Å². The number of likely N-dealkylation sites (tertiary alicyclic amines) is 1. The molecule has 2 aromatic rings. The van der Waals surface area contributed by atoms with E-state index in [0.29, 0.717) is 22.7 Å². The molecule has 0 bridgehead atoms. The molecular formula is C20H24N2O3. The first kappa shape index (κ1) is 17.1. The Labute approximate surface area is 148 Å². The van der Waals surface area contributed by atoms with E-state index in [4.69, 9.17) is 15.2 Å². The molecule has 1 fully saturated rings. The van der Waals surface area contributed by atoms with E-state index in [0.717, 1.165) is 30.5 Å². The molecule has 0 radical (unpaired) electrons. The second-order valence-corrected chi connectivity index (χ2v) is 6.35. The van der Waals surface area contributed by atoms with Gasteiger partial charge in [-0.3, -0.25) is 4.79 Å². The molecule has 5 heteroatoms. The molecule has 25 heavy (non-hydrogen) atoms. The lowest BCUT2D eigenvalue weighted by Crippen LogP contribution is -2.31. The number of carbonyl (C=O) groups excluding carboxylic acids is 1. The number of nitrogen functional groups attached to an aromatic ring is 1. The van der Waals surface area contributed by atoms with Crippen LogP contribution in [0.3, 0.4) is 0 Å². The zero-order chi connectivity index (χ0) is 18.0. The van der Waals surface area contributed by atoms with Crippen LogP contribution in [-0.2, 0) is 0 Å². The van der Waals surface area contributed by atoms with Gasteiger partial charge in [0.25, 0.3) is 5.91 Å². The van der Waals surface area contributed by atoms with Crippen LogP contribution in [0.25, 0.3) is 0 Å². The summed E-state index contributed by atoms with van der Waals surface area (Å²) in [7, 11) is 3.24. The standard InChI is InChI=1S/C20H24N2O3/c1-13-6-8-15(21)12-16(13)20(23)22-10-4-5-17(22)14-7-9-18(24-2)19(11-14)25-3/h6-9,11-12,17H,4-5,10,21H2,1-3H3. The maximum atomic E-state index is 13.1. The lowest BCUT2D eigenvalue weighted by Gasteiger charge is -2.26. The zero-order valence-electron chi connectivity index (χ0n) is 14.9. The summed E-state index contributed by atoms with van der Waals surface area (Å²) in [6.45, 7) is 2.68. The van der Waals surface area contributed by atoms with E-state index in [1.54, 1.807) is 20.3 Å². The number of carbonyl (C=O) groups is 1. The monoisotopic (exact) mass is 340 g/mol. The van der Waals surface area contributed by atoms with Crippen molar-refractivity contribution in [3.63, 3.8) is 0 Å². The first-order valence-corrected chi connectivity index (χ1v) is 8.44. The minimum atomic E-state index is 0.0297. The van der Waals surface area contributed by atoms with Gasteiger partial charge in [-0.1, -0.05) is 12.1 Å². The van der Waals surface area contributed by atoms with E-state index >= 15 is 0 Å². The number of rotatable bonds is 4. The highest BCUT2D eigenvalue weighted by molar-refractivity contribution is 5.97. The topological polar surface area (TPSA) is 64.8 Å². The first-order chi connectivity index (χ1) is 12.0. The Morgan fingerprint density at radius 3 is 2.60 bits per heavy atom. The fourth-order valence-corrected chi connectivity index (χ4v) is 3.44. The van der Waals surface area contributed by atoms with Crippen molar-refractivity contribution in [2.45, 2.75) is 25.8 Å². The van der Waals surface area contributed by atoms with Gasteiger partial charge in [0.1, 0.15) is 0 Å². The Bertz CT molecular complexity index is 789. The third-order valence-electron chi connectivity index (χ3n) is 4.80. The Kier molecular flexibility index (Phi) is 4.83. The molecule has 5 nitrogen and oxygen atoms in total. The van der Waals surface area contributed by atoms with E-state index in [1.807, 2.05) is 42.2 Å². The third kappa shape index (κ3) is 3.27. The van der Waals surface area contributed by atoms with E-state index in [9.17, 15) is 4.79 Å². The van der Waals surface area contributed by atoms with Crippen molar-refractivity contribution >= 4 is 11.6 Å². The summed E-state index contributed by atoms with van der Waals surface area (Å²) < 4.78 is 10.7. The number of aryl methyl sites for hydroxylation is 1. The number of methoxy groups -OCH3 is 2. The Morgan fingerprint density at radius 1 is 1.12 bits per heavy atom. The van der Waals surface area contributed by atoms with Crippen LogP contribution in [0.2, 0.25) is 0 Å². The van der Waals surface area contributed by atoms with Crippen LogP contribution >= 0.6 is 0 Å². The minimum Gasteiger partial charge on any atom is -0.493 e. The predicted molar refractivity (Wildman–Crippen MR) is 98.1 cm³/mol. The van der Waals surface area contributed by atoms with Crippen LogP contribution in [0.15, 0.2) is 36.4 Å². The zero-order valence-corrected chi connectivity index (χ0v) is 14.9. The maximum absolute atomic E-state index is 13.1. The average molecular weight is 340 g/mol. The minimum absolute atomic E-state index is 0.0297. The van der Waals surface area contributed by atoms with E-state index < -0.39 is 0 Å². The summed E-state index contributed by atoms with van der Waals surface area (Å²) in [5.74, 6) is 1.40. The van der Waals surface area contributed by atoms with E-state index in [2.05, 4.69) is 0 Å². The van der Waals surface area contributed by atoms with Crippen LogP contribution in [0.4, 0.5) is 5.69 Å². The van der Waals surface area contributed by atoms with Crippen molar-refractivity contribution in [3.8, 4) is 11.5 Å². The number of hydrogen-bond donors (Lipinski definition) is 1. The second kappa shape index (κ2) is 7.05. The summed E-state index contributed by atoms with van der Waals surface area (Å²) in [4.78, 5) is 15.0. The van der Waals surface area contributed by atoms with Crippen molar-refractivity contribution in [1.82, 2.24) is 4.90 Å². The van der Waals surface area contributed by atoms with Gasteiger partial charge in [0, 0.05) is 17.8 Å². The van der Waals surface area contributed by atoms with Crippen molar-refractivity contribution in [3.05, 3.63) is 53.1 Å². The summed E-state index contributed by atoms with van der Waals surface area (Å²) in [5, 5.41) is 0. The highest BCUT2D eigenvalue weighted by Crippen LogP contribution is 2.37. The fourth-order valence-electron chi connectivity index (χ4n) is 3.44. The van der Waals surface area contributed by atoms with Gasteiger partial charge in [0.05, 0.1) is 20.3 Å². The molecule has 1 saturated heterocycles. The van der Waals surface area contributed by atoms with Crippen LogP contribution in [-0.4, -0.2) is 31.6 Å². The molecule has 2 N–H and O–H groups in total. The molecule has 1 aliphatic rings. The highest BCUT2D eigenvalue weighted by atomic mass is 16.5. The van der Waals surface area contributed by atoms with Gasteiger partial charge >= 0.3 is 0 Å². The first-order valence-electron chi connectivity index (χ1n) is 8.44. The molecule has 1 atom stereocenters. The molecule has 0 saturated carbocycles. The third-order valence-corrected chi connectivity index (χ3v) is 4.80. The molecule has 132 valence electrons. The lowest BCUT2D eigenvalue weighted by atomic mass is 10.0. The molecular weight excluding hydrogens is 316 g/mol. The Balaban J connectivity index is 1.92. The van der Waals surface area contributed by atoms with Crippen molar-refractivity contribution in [2.24, 2.45) is 0 Å². The normalized spacial score (nSPS) is 16.8. The Hall–Kier alpha value is -2.69. The van der Waals surface area contributed by atoms with Crippen LogP contribution < -0.4 is 15.2 Å². The number of amides is 1. The molecule has 0 spiro atoms. The van der Waals surface area contributed by atoms with Gasteiger partial charge in [-0.25, -0.2) is 0 Å². The SMILES string of the molecule is COc1ccc(C2CCCN2C(=O)c2cc(N)ccc2C)cc1OC. The number of nitrogens with two attached hydrogens (primary N) is 1. The van der Waals surface area contributed by atoms with Crippen molar-refractivity contribution in [1.29, 1.82) is 0 Å². The second-order valence-electron chi connectivity index (χ2n) is 6.35. The van der Waals surface area contributed by atoms with Gasteiger partial charge < -0.3 is 20.1 Å². The van der Waals surface area contributed by atoms with E-state index in [1.165, 1.54) is 0 Å². The number of anilines is 1. The molecule has 1 heterocycles. The molecule has 1 amide bonds. The van der Waals surface area contributed by atoms with Crippen LogP contribution in [0.1, 0.15) is 40.4 Å². The van der Waals surface area contributed by atoms with Gasteiger partial charge in [-0.05, 0) is 55.2 Å². The summed E-state index contributed by atoms with van der Waals surface area (Å²) in [6, 6.07) is 11.4. The van der Waals surface area contributed by atoms with E-state index in [-0.39, 0.29) is 11.9 Å². The lowest BCUT2D eigenvalue weighted by molar-refractivity contribution is 0.0735. The largest absolute Gasteiger partial charge is 0.493 e. The number of benzene rings is 2. The summed E-state index contributed by atoms with van der Waals surface area (Å²) >= 11 is 0. The number of hydrogen-bond acceptors (Lipinski definition) is 4. The molecule has 0 aromatic heterocycles. The van der Waals surface area contributed by atoms with Gasteiger partial charge in [-0.2, -0.15) is 0 Å². The quantitative estimate of drug-likeness (QED) is 0.864. The van der Waals surface area contributed by atoms with Gasteiger partial charge in [0.2, 0.25) is 0 Å². The average Bonchev–Trinajstić information content (AvgIpc) is 3.12. The summed E-state index contributed by atoms with van der Waals surface area (Å²) in [5.41, 5.74) is 9.16. The summed E-state index contributed by atoms with van der Waals surface area (Å²) in [6.07, 6.45) is 1.91. The van der Waals surface area contributed by atoms with Gasteiger partial charge in [-0.15, -0.1) is 0 Å². The molecule has 1 aliphatic heterocycles. The predicted octanol–water partition coefficient (Wildman–Crippen LogP) is 3.57. The smallest absolute Gasteiger partial charge is 0.254 e. The number of nitrogens with zero attached hydrogens (tertiary/aromatic N) is 1. The van der Waals surface area contributed by atoms with Gasteiger partial charge in [0.15, 0.2) is 11.5 Å². The fraction of sp³-hybridized carbons (Fsp3) is 0.350. The molecule has 0 aliphatic carbocycles. The van der Waals surface area contributed by atoms with Crippen LogP contribution in [0.5, 0.6) is 11.5 Å². The van der Waals surface area contributed by atoms with Crippen molar-refractivity contribution < 1.29 is 14.3 Å².